The minimum absolute atomic E-state index is 0.0452. The molecule has 0 amide bonds. The summed E-state index contributed by atoms with van der Waals surface area (Å²) in [6.07, 6.45) is 1.77. The van der Waals surface area contributed by atoms with E-state index in [1.807, 2.05) is 31.1 Å². The molecule has 0 saturated carbocycles. The van der Waals surface area contributed by atoms with Gasteiger partial charge in [-0.3, -0.25) is 4.90 Å². The van der Waals surface area contributed by atoms with Crippen LogP contribution in [0, 0.1) is 0 Å². The van der Waals surface area contributed by atoms with Crippen molar-refractivity contribution in [2.75, 3.05) is 14.1 Å². The van der Waals surface area contributed by atoms with Crippen LogP contribution in [0.4, 0.5) is 0 Å². The normalized spacial score (nSPS) is 12.9. The monoisotopic (exact) mass is 227 g/mol. The second-order valence-electron chi connectivity index (χ2n) is 4.55. The predicted octanol–water partition coefficient (Wildman–Crippen LogP) is 2.51. The van der Waals surface area contributed by atoms with Crippen molar-refractivity contribution < 1.29 is 4.79 Å². The van der Waals surface area contributed by atoms with E-state index in [-0.39, 0.29) is 6.04 Å². The number of aldehydes is 1. The molecule has 0 radical (unpaired) electrons. The number of benzene rings is 2. The molecule has 0 bridgehead atoms. The smallest absolute Gasteiger partial charge is 0.137 e. The van der Waals surface area contributed by atoms with Crippen LogP contribution in [0.2, 0.25) is 0 Å². The lowest BCUT2D eigenvalue weighted by Crippen LogP contribution is -2.31. The lowest BCUT2D eigenvalue weighted by molar-refractivity contribution is -0.111. The fourth-order valence-electron chi connectivity index (χ4n) is 1.96. The highest BCUT2D eigenvalue weighted by molar-refractivity contribution is 5.83. The van der Waals surface area contributed by atoms with Gasteiger partial charge in [-0.05, 0) is 36.9 Å². The third kappa shape index (κ3) is 2.71. The average molecular weight is 227 g/mol. The number of fused-ring (bicyclic) bond motifs is 1. The molecule has 88 valence electrons. The maximum atomic E-state index is 11.0. The molecule has 17 heavy (non-hydrogen) atoms. The van der Waals surface area contributed by atoms with Crippen molar-refractivity contribution in [3.05, 3.63) is 48.0 Å². The van der Waals surface area contributed by atoms with E-state index >= 15 is 0 Å². The molecule has 2 aromatic rings. The van der Waals surface area contributed by atoms with E-state index in [1.54, 1.807) is 0 Å². The van der Waals surface area contributed by atoms with Gasteiger partial charge in [0.1, 0.15) is 6.29 Å². The topological polar surface area (TPSA) is 20.3 Å². The lowest BCUT2D eigenvalue weighted by atomic mass is 10.0. The molecule has 0 N–H and O–H groups in total. The Hall–Kier alpha value is -1.67. The van der Waals surface area contributed by atoms with Crippen LogP contribution in [0.3, 0.4) is 0 Å². The van der Waals surface area contributed by atoms with Gasteiger partial charge in [0.05, 0.1) is 6.04 Å². The van der Waals surface area contributed by atoms with E-state index in [0.29, 0.717) is 0 Å². The minimum Gasteiger partial charge on any atom is -0.302 e. The molecular formula is C15H17NO. The van der Waals surface area contributed by atoms with Crippen molar-refractivity contribution in [3.8, 4) is 0 Å². The van der Waals surface area contributed by atoms with Crippen molar-refractivity contribution in [1.82, 2.24) is 4.90 Å². The van der Waals surface area contributed by atoms with Crippen molar-refractivity contribution >= 4 is 17.1 Å². The first-order chi connectivity index (χ1) is 8.20. The molecule has 1 atom stereocenters. The number of carbonyl (C=O) groups is 1. The third-order valence-electron chi connectivity index (χ3n) is 3.08. The summed E-state index contributed by atoms with van der Waals surface area (Å²) < 4.78 is 0. The minimum atomic E-state index is -0.0452. The summed E-state index contributed by atoms with van der Waals surface area (Å²) in [7, 11) is 3.86. The summed E-state index contributed by atoms with van der Waals surface area (Å²) in [6.45, 7) is 0. The summed E-state index contributed by atoms with van der Waals surface area (Å²) in [6, 6.07) is 14.6. The van der Waals surface area contributed by atoms with Crippen LogP contribution in [-0.4, -0.2) is 31.3 Å². The van der Waals surface area contributed by atoms with Gasteiger partial charge in [-0.1, -0.05) is 42.5 Å². The molecule has 0 aromatic heterocycles. The van der Waals surface area contributed by atoms with E-state index in [2.05, 4.69) is 30.3 Å². The Kier molecular flexibility index (Phi) is 3.55. The first-order valence-electron chi connectivity index (χ1n) is 5.80. The van der Waals surface area contributed by atoms with Crippen molar-refractivity contribution in [2.24, 2.45) is 0 Å². The van der Waals surface area contributed by atoms with E-state index < -0.39 is 0 Å². The van der Waals surface area contributed by atoms with Crippen molar-refractivity contribution in [3.63, 3.8) is 0 Å². The molecule has 0 spiro atoms. The fourth-order valence-corrected chi connectivity index (χ4v) is 1.96. The Morgan fingerprint density at radius 3 is 2.47 bits per heavy atom. The van der Waals surface area contributed by atoms with E-state index in [4.69, 9.17) is 0 Å². The molecule has 2 nitrogen and oxygen atoms in total. The summed E-state index contributed by atoms with van der Waals surface area (Å²) in [5.74, 6) is 0. The molecule has 0 heterocycles. The molecule has 0 aliphatic heterocycles. The number of carbonyl (C=O) groups excluding carboxylic acids is 1. The zero-order valence-electron chi connectivity index (χ0n) is 10.3. The predicted molar refractivity (Wildman–Crippen MR) is 71.2 cm³/mol. The van der Waals surface area contributed by atoms with Gasteiger partial charge in [-0.15, -0.1) is 0 Å². The van der Waals surface area contributed by atoms with Gasteiger partial charge in [-0.2, -0.15) is 0 Å². The van der Waals surface area contributed by atoms with Crippen LogP contribution in [-0.2, 0) is 11.2 Å². The van der Waals surface area contributed by atoms with Crippen LogP contribution >= 0.6 is 0 Å². The van der Waals surface area contributed by atoms with Gasteiger partial charge >= 0.3 is 0 Å². The van der Waals surface area contributed by atoms with E-state index in [1.165, 1.54) is 16.3 Å². The molecule has 0 saturated heterocycles. The molecule has 2 aromatic carbocycles. The van der Waals surface area contributed by atoms with Gasteiger partial charge < -0.3 is 4.79 Å². The summed E-state index contributed by atoms with van der Waals surface area (Å²) in [4.78, 5) is 12.9. The highest BCUT2D eigenvalue weighted by Gasteiger charge is 2.10. The van der Waals surface area contributed by atoms with Gasteiger partial charge in [0.15, 0.2) is 0 Å². The Morgan fingerprint density at radius 2 is 1.82 bits per heavy atom. The standard InChI is InChI=1S/C15H17NO/c1-16(2)15(11-17)10-12-7-8-13-5-3-4-6-14(13)9-12/h3-9,11,15H,10H2,1-2H3. The maximum Gasteiger partial charge on any atom is 0.137 e. The highest BCUT2D eigenvalue weighted by Crippen LogP contribution is 2.17. The van der Waals surface area contributed by atoms with Gasteiger partial charge in [0, 0.05) is 0 Å². The average Bonchev–Trinajstić information content (AvgIpc) is 2.35. The third-order valence-corrected chi connectivity index (χ3v) is 3.08. The van der Waals surface area contributed by atoms with Crippen molar-refractivity contribution in [2.45, 2.75) is 12.5 Å². The largest absolute Gasteiger partial charge is 0.302 e. The first-order valence-corrected chi connectivity index (χ1v) is 5.80. The second-order valence-corrected chi connectivity index (χ2v) is 4.55. The summed E-state index contributed by atoms with van der Waals surface area (Å²) in [5, 5.41) is 2.47. The number of hydrogen-bond acceptors (Lipinski definition) is 2. The second kappa shape index (κ2) is 5.11. The van der Waals surface area contributed by atoms with Crippen LogP contribution < -0.4 is 0 Å². The number of likely N-dealkylation sites (N-methyl/N-ethyl adjacent to an activating group) is 1. The summed E-state index contributed by atoms with van der Waals surface area (Å²) in [5.41, 5.74) is 1.20. The van der Waals surface area contributed by atoms with E-state index in [0.717, 1.165) is 12.7 Å². The molecule has 0 aliphatic carbocycles. The van der Waals surface area contributed by atoms with Crippen molar-refractivity contribution in [1.29, 1.82) is 0 Å². The zero-order chi connectivity index (χ0) is 12.3. The SMILES string of the molecule is CN(C)C(C=O)Cc1ccc2ccccc2c1. The Bertz CT molecular complexity index is 519. The lowest BCUT2D eigenvalue weighted by Gasteiger charge is -2.18. The van der Waals surface area contributed by atoms with Crippen LogP contribution in [0.15, 0.2) is 42.5 Å². The molecule has 0 aliphatic rings. The van der Waals surface area contributed by atoms with Crippen LogP contribution in [0.25, 0.3) is 10.8 Å². The summed E-state index contributed by atoms with van der Waals surface area (Å²) >= 11 is 0. The molecule has 2 rings (SSSR count). The molecular weight excluding hydrogens is 210 g/mol. The fraction of sp³-hybridized carbons (Fsp3) is 0.267. The van der Waals surface area contributed by atoms with Gasteiger partial charge in [0.2, 0.25) is 0 Å². The quantitative estimate of drug-likeness (QED) is 0.748. The zero-order valence-corrected chi connectivity index (χ0v) is 10.3. The maximum absolute atomic E-state index is 11.0. The van der Waals surface area contributed by atoms with Gasteiger partial charge in [0.25, 0.3) is 0 Å². The van der Waals surface area contributed by atoms with Gasteiger partial charge in [-0.25, -0.2) is 0 Å². The Labute approximate surface area is 102 Å². The van der Waals surface area contributed by atoms with Crippen LogP contribution in [0.1, 0.15) is 5.56 Å². The number of rotatable bonds is 4. The first kappa shape index (κ1) is 11.8. The Balaban J connectivity index is 2.27. The molecule has 2 heteroatoms. The number of hydrogen-bond donors (Lipinski definition) is 0. The highest BCUT2D eigenvalue weighted by atomic mass is 16.1. The molecule has 0 fully saturated rings. The van der Waals surface area contributed by atoms with E-state index in [9.17, 15) is 4.79 Å². The van der Waals surface area contributed by atoms with Crippen LogP contribution in [0.5, 0.6) is 0 Å². The number of nitrogens with zero attached hydrogens (tertiary/aromatic N) is 1. The molecule has 1 unspecified atom stereocenters. The Morgan fingerprint density at radius 1 is 1.12 bits per heavy atom.